The Kier molecular flexibility index (Phi) is 6.36. The molecular weight excluding hydrogens is 352 g/mol. The minimum atomic E-state index is -0.510. The van der Waals surface area contributed by atoms with Crippen LogP contribution in [0.3, 0.4) is 0 Å². The van der Waals surface area contributed by atoms with E-state index >= 15 is 0 Å². The molecule has 0 saturated carbocycles. The highest BCUT2D eigenvalue weighted by atomic mass is 32.2. The highest BCUT2D eigenvalue weighted by molar-refractivity contribution is 8.00. The number of thioether (sulfide) groups is 1. The summed E-state index contributed by atoms with van der Waals surface area (Å²) >= 11 is 1.26. The van der Waals surface area contributed by atoms with E-state index in [0.717, 1.165) is 11.4 Å². The molecule has 9 heteroatoms. The number of imide groups is 1. The topological polar surface area (TPSA) is 102 Å². The van der Waals surface area contributed by atoms with Gasteiger partial charge in [-0.2, -0.15) is 0 Å². The first-order valence-corrected chi connectivity index (χ1v) is 9.22. The van der Waals surface area contributed by atoms with E-state index in [-0.39, 0.29) is 5.91 Å². The van der Waals surface area contributed by atoms with E-state index < -0.39 is 16.8 Å². The van der Waals surface area contributed by atoms with Crippen LogP contribution in [0.2, 0.25) is 0 Å². The van der Waals surface area contributed by atoms with E-state index in [0.29, 0.717) is 11.7 Å². The fraction of sp³-hybridized carbons (Fsp3) is 0.471. The molecule has 0 aliphatic carbocycles. The molecule has 0 aromatic carbocycles. The molecule has 3 amide bonds. The van der Waals surface area contributed by atoms with E-state index in [2.05, 4.69) is 25.8 Å². The number of urea groups is 1. The second-order valence-electron chi connectivity index (χ2n) is 6.74. The number of nitrogens with zero attached hydrogens (tertiary/aromatic N) is 4. The van der Waals surface area contributed by atoms with Crippen molar-refractivity contribution in [1.29, 1.82) is 0 Å². The zero-order chi connectivity index (χ0) is 19.3. The average Bonchev–Trinajstić information content (AvgIpc) is 2.96. The molecule has 0 aliphatic heterocycles. The van der Waals surface area contributed by atoms with E-state index in [4.69, 9.17) is 0 Å². The van der Waals surface area contributed by atoms with E-state index in [1.54, 1.807) is 19.3 Å². The first-order valence-electron chi connectivity index (χ1n) is 8.34. The number of amides is 3. The van der Waals surface area contributed by atoms with Gasteiger partial charge in [0.2, 0.25) is 5.91 Å². The molecule has 2 aromatic heterocycles. The first kappa shape index (κ1) is 19.9. The van der Waals surface area contributed by atoms with Crippen molar-refractivity contribution in [1.82, 2.24) is 30.4 Å². The van der Waals surface area contributed by atoms with Crippen LogP contribution in [0.15, 0.2) is 29.7 Å². The maximum absolute atomic E-state index is 12.3. The standard InChI is InChI=1S/C17H24N6O2S/c1-6-23-13(12-7-9-18-10-8-12)21-22-16(23)26-11(2)14(24)19-15(25)20-17(3,4)5/h7-11H,6H2,1-5H3,(H2,19,20,24,25)/t11-/m0/s1. The third-order valence-corrected chi connectivity index (χ3v) is 4.43. The predicted octanol–water partition coefficient (Wildman–Crippen LogP) is 2.46. The van der Waals surface area contributed by atoms with Gasteiger partial charge in [0.25, 0.3) is 0 Å². The summed E-state index contributed by atoms with van der Waals surface area (Å²) in [6.45, 7) is 9.91. The quantitative estimate of drug-likeness (QED) is 0.777. The fourth-order valence-corrected chi connectivity index (χ4v) is 3.09. The van der Waals surface area contributed by atoms with E-state index in [1.807, 2.05) is 44.4 Å². The summed E-state index contributed by atoms with van der Waals surface area (Å²) in [6, 6.07) is 3.21. The van der Waals surface area contributed by atoms with Gasteiger partial charge >= 0.3 is 6.03 Å². The number of hydrogen-bond donors (Lipinski definition) is 2. The lowest BCUT2D eigenvalue weighted by atomic mass is 10.1. The molecule has 2 aromatic rings. The summed E-state index contributed by atoms with van der Waals surface area (Å²) in [4.78, 5) is 28.1. The first-order chi connectivity index (χ1) is 12.2. The van der Waals surface area contributed by atoms with Crippen molar-refractivity contribution in [3.8, 4) is 11.4 Å². The lowest BCUT2D eigenvalue weighted by molar-refractivity contribution is -0.119. The Hall–Kier alpha value is -2.42. The van der Waals surface area contributed by atoms with Gasteiger partial charge in [0.05, 0.1) is 5.25 Å². The summed E-state index contributed by atoms with van der Waals surface area (Å²) in [7, 11) is 0. The molecule has 0 unspecified atom stereocenters. The van der Waals surface area contributed by atoms with Gasteiger partial charge in [-0.3, -0.25) is 15.1 Å². The summed E-state index contributed by atoms with van der Waals surface area (Å²) < 4.78 is 1.93. The van der Waals surface area contributed by atoms with Gasteiger partial charge in [-0.05, 0) is 46.8 Å². The lowest BCUT2D eigenvalue weighted by Gasteiger charge is -2.21. The predicted molar refractivity (Wildman–Crippen MR) is 101 cm³/mol. The van der Waals surface area contributed by atoms with Crippen LogP contribution in [0, 0.1) is 0 Å². The Bertz CT molecular complexity index is 769. The smallest absolute Gasteiger partial charge is 0.321 e. The number of carbonyl (C=O) groups excluding carboxylic acids is 2. The van der Waals surface area contributed by atoms with Crippen LogP contribution in [0.25, 0.3) is 11.4 Å². The monoisotopic (exact) mass is 376 g/mol. The maximum atomic E-state index is 12.3. The number of pyridine rings is 1. The van der Waals surface area contributed by atoms with Crippen molar-refractivity contribution in [3.63, 3.8) is 0 Å². The molecule has 0 fully saturated rings. The molecule has 0 saturated heterocycles. The molecule has 0 radical (unpaired) electrons. The fourth-order valence-electron chi connectivity index (χ4n) is 2.17. The van der Waals surface area contributed by atoms with Crippen LogP contribution < -0.4 is 10.6 Å². The number of nitrogens with one attached hydrogen (secondary N) is 2. The number of carbonyl (C=O) groups is 2. The second-order valence-corrected chi connectivity index (χ2v) is 8.05. The minimum absolute atomic E-state index is 0.382. The molecule has 2 N–H and O–H groups in total. The Labute approximate surface area is 157 Å². The molecule has 8 nitrogen and oxygen atoms in total. The van der Waals surface area contributed by atoms with Crippen molar-refractivity contribution in [3.05, 3.63) is 24.5 Å². The summed E-state index contributed by atoms with van der Waals surface area (Å²) in [6.07, 6.45) is 3.39. The molecule has 26 heavy (non-hydrogen) atoms. The van der Waals surface area contributed by atoms with Gasteiger partial charge in [-0.1, -0.05) is 11.8 Å². The van der Waals surface area contributed by atoms with Crippen molar-refractivity contribution in [2.24, 2.45) is 0 Å². The van der Waals surface area contributed by atoms with Gasteiger partial charge in [0, 0.05) is 30.0 Å². The maximum Gasteiger partial charge on any atom is 0.321 e. The van der Waals surface area contributed by atoms with Crippen LogP contribution in [0.4, 0.5) is 4.79 Å². The van der Waals surface area contributed by atoms with Gasteiger partial charge in [0.1, 0.15) is 0 Å². The molecule has 0 bridgehead atoms. The van der Waals surface area contributed by atoms with Crippen molar-refractivity contribution < 1.29 is 9.59 Å². The Balaban J connectivity index is 2.07. The number of aromatic nitrogens is 4. The third kappa shape index (κ3) is 5.29. The summed E-state index contributed by atoms with van der Waals surface area (Å²) in [5, 5.41) is 13.6. The van der Waals surface area contributed by atoms with E-state index in [1.165, 1.54) is 11.8 Å². The molecule has 0 spiro atoms. The second kappa shape index (κ2) is 8.31. The van der Waals surface area contributed by atoms with E-state index in [9.17, 15) is 9.59 Å². The zero-order valence-electron chi connectivity index (χ0n) is 15.6. The average molecular weight is 376 g/mol. The molecule has 140 valence electrons. The molecular formula is C17H24N6O2S. The summed E-state index contributed by atoms with van der Waals surface area (Å²) in [5.74, 6) is 0.336. The Morgan fingerprint density at radius 1 is 1.23 bits per heavy atom. The van der Waals surface area contributed by atoms with Gasteiger partial charge in [0.15, 0.2) is 11.0 Å². The van der Waals surface area contributed by atoms with Crippen LogP contribution in [0.1, 0.15) is 34.6 Å². The van der Waals surface area contributed by atoms with Crippen molar-refractivity contribution >= 4 is 23.7 Å². The Morgan fingerprint density at radius 2 is 1.88 bits per heavy atom. The highest BCUT2D eigenvalue weighted by Crippen LogP contribution is 2.26. The highest BCUT2D eigenvalue weighted by Gasteiger charge is 2.23. The van der Waals surface area contributed by atoms with Gasteiger partial charge in [-0.25, -0.2) is 4.79 Å². The molecule has 2 heterocycles. The van der Waals surface area contributed by atoms with Crippen LogP contribution in [-0.2, 0) is 11.3 Å². The summed E-state index contributed by atoms with van der Waals surface area (Å²) in [5.41, 5.74) is 0.491. The molecule has 0 aliphatic rings. The van der Waals surface area contributed by atoms with Crippen molar-refractivity contribution in [2.75, 3.05) is 0 Å². The van der Waals surface area contributed by atoms with Crippen LogP contribution >= 0.6 is 11.8 Å². The van der Waals surface area contributed by atoms with Crippen LogP contribution in [0.5, 0.6) is 0 Å². The van der Waals surface area contributed by atoms with Gasteiger partial charge < -0.3 is 9.88 Å². The Morgan fingerprint density at radius 3 is 2.46 bits per heavy atom. The molecule has 2 rings (SSSR count). The molecule has 1 atom stereocenters. The van der Waals surface area contributed by atoms with Crippen molar-refractivity contribution in [2.45, 2.75) is 57.1 Å². The number of hydrogen-bond acceptors (Lipinski definition) is 6. The lowest BCUT2D eigenvalue weighted by Crippen LogP contribution is -2.49. The largest absolute Gasteiger partial charge is 0.333 e. The normalized spacial score (nSPS) is 12.5. The van der Waals surface area contributed by atoms with Gasteiger partial charge in [-0.15, -0.1) is 10.2 Å². The number of rotatable bonds is 5. The third-order valence-electron chi connectivity index (χ3n) is 3.35. The van der Waals surface area contributed by atoms with Crippen LogP contribution in [-0.4, -0.2) is 42.5 Å². The SMILES string of the molecule is CCn1c(S[C@@H](C)C(=O)NC(=O)NC(C)(C)C)nnc1-c1ccncc1. The zero-order valence-corrected chi connectivity index (χ0v) is 16.4. The minimum Gasteiger partial charge on any atom is -0.333 e.